The van der Waals surface area contributed by atoms with Crippen molar-refractivity contribution in [1.82, 2.24) is 14.4 Å². The molecule has 0 N–H and O–H groups in total. The molecule has 0 amide bonds. The zero-order valence-corrected chi connectivity index (χ0v) is 13.9. The second-order valence-electron chi connectivity index (χ2n) is 5.47. The first-order chi connectivity index (χ1) is 10.6. The van der Waals surface area contributed by atoms with Gasteiger partial charge in [0.05, 0.1) is 11.4 Å². The van der Waals surface area contributed by atoms with Crippen molar-refractivity contribution in [2.45, 2.75) is 20.5 Å². The molecule has 22 heavy (non-hydrogen) atoms. The van der Waals surface area contributed by atoms with Gasteiger partial charge in [0.1, 0.15) is 18.1 Å². The van der Waals surface area contributed by atoms with Crippen molar-refractivity contribution in [2.24, 2.45) is 0 Å². The molecule has 0 aliphatic carbocycles. The predicted octanol–water partition coefficient (Wildman–Crippen LogP) is 4.14. The summed E-state index contributed by atoms with van der Waals surface area (Å²) in [7, 11) is 0. The zero-order valence-electron chi connectivity index (χ0n) is 12.3. The molecule has 4 nitrogen and oxygen atoms in total. The molecule has 0 spiro atoms. The van der Waals surface area contributed by atoms with E-state index in [0.717, 1.165) is 33.0 Å². The molecule has 0 saturated carbocycles. The standard InChI is InChI=1S/C17H14BrN3O/c1-10-7-21-8-15(20-17(21)11(2)19-10)16-6-12-3-4-14(18)5-13(12)9-22-16/h3-8H,9H2,1-2H3. The Kier molecular flexibility index (Phi) is 3.04. The van der Waals surface area contributed by atoms with Crippen LogP contribution in [0.5, 0.6) is 0 Å². The lowest BCUT2D eigenvalue weighted by Crippen LogP contribution is -2.02. The van der Waals surface area contributed by atoms with Crippen LogP contribution in [0, 0.1) is 13.8 Å². The smallest absolute Gasteiger partial charge is 0.159 e. The summed E-state index contributed by atoms with van der Waals surface area (Å²) in [5, 5.41) is 0. The molecule has 0 bridgehead atoms. The Hall–Kier alpha value is -2.14. The van der Waals surface area contributed by atoms with Crippen LogP contribution in [-0.4, -0.2) is 14.4 Å². The second-order valence-corrected chi connectivity index (χ2v) is 6.38. The van der Waals surface area contributed by atoms with Crippen LogP contribution in [0.4, 0.5) is 0 Å². The Bertz CT molecular complexity index is 927. The van der Waals surface area contributed by atoms with E-state index >= 15 is 0 Å². The molecule has 1 aliphatic rings. The molecule has 3 aromatic rings. The van der Waals surface area contributed by atoms with E-state index in [1.807, 2.05) is 42.8 Å². The maximum atomic E-state index is 5.89. The lowest BCUT2D eigenvalue weighted by molar-refractivity contribution is 0.261. The van der Waals surface area contributed by atoms with Crippen LogP contribution in [0.1, 0.15) is 28.2 Å². The summed E-state index contributed by atoms with van der Waals surface area (Å²) in [5.41, 5.74) is 5.95. The van der Waals surface area contributed by atoms with Crippen molar-refractivity contribution in [1.29, 1.82) is 0 Å². The summed E-state index contributed by atoms with van der Waals surface area (Å²) in [4.78, 5) is 9.12. The number of fused-ring (bicyclic) bond motifs is 2. The van der Waals surface area contributed by atoms with Gasteiger partial charge in [-0.05, 0) is 43.2 Å². The van der Waals surface area contributed by atoms with E-state index < -0.39 is 0 Å². The molecule has 2 aromatic heterocycles. The summed E-state index contributed by atoms with van der Waals surface area (Å²) in [6, 6.07) is 6.22. The van der Waals surface area contributed by atoms with Crippen molar-refractivity contribution in [2.75, 3.05) is 0 Å². The highest BCUT2D eigenvalue weighted by molar-refractivity contribution is 9.10. The normalized spacial score (nSPS) is 13.7. The first kappa shape index (κ1) is 13.5. The number of hydrogen-bond acceptors (Lipinski definition) is 3. The molecule has 3 heterocycles. The SMILES string of the molecule is Cc1cn2cc(C3=Cc4ccc(Br)cc4CO3)nc2c(C)n1. The predicted molar refractivity (Wildman–Crippen MR) is 89.3 cm³/mol. The van der Waals surface area contributed by atoms with E-state index in [9.17, 15) is 0 Å². The minimum Gasteiger partial charge on any atom is -0.487 e. The van der Waals surface area contributed by atoms with Gasteiger partial charge in [0.15, 0.2) is 5.65 Å². The number of nitrogens with zero attached hydrogens (tertiary/aromatic N) is 3. The van der Waals surface area contributed by atoms with Crippen LogP contribution in [0.2, 0.25) is 0 Å². The largest absolute Gasteiger partial charge is 0.487 e. The van der Waals surface area contributed by atoms with Gasteiger partial charge in [-0.25, -0.2) is 4.98 Å². The molecule has 0 atom stereocenters. The fourth-order valence-corrected chi connectivity index (χ4v) is 3.16. The average Bonchev–Trinajstić information content (AvgIpc) is 2.91. The maximum absolute atomic E-state index is 5.89. The topological polar surface area (TPSA) is 39.4 Å². The first-order valence-electron chi connectivity index (χ1n) is 7.06. The van der Waals surface area contributed by atoms with Gasteiger partial charge in [-0.2, -0.15) is 0 Å². The van der Waals surface area contributed by atoms with E-state index in [-0.39, 0.29) is 0 Å². The van der Waals surface area contributed by atoms with Gasteiger partial charge >= 0.3 is 0 Å². The molecule has 0 saturated heterocycles. The van der Waals surface area contributed by atoms with Gasteiger partial charge in [0.2, 0.25) is 0 Å². The molecule has 1 aliphatic heterocycles. The Balaban J connectivity index is 1.82. The molecule has 0 fully saturated rings. The highest BCUT2D eigenvalue weighted by atomic mass is 79.9. The third-order valence-corrected chi connectivity index (χ3v) is 4.25. The lowest BCUT2D eigenvalue weighted by atomic mass is 10.1. The minimum atomic E-state index is 0.560. The van der Waals surface area contributed by atoms with E-state index in [2.05, 4.69) is 38.0 Å². The fraction of sp³-hybridized carbons (Fsp3) is 0.176. The summed E-state index contributed by atoms with van der Waals surface area (Å²) in [5.74, 6) is 0.801. The van der Waals surface area contributed by atoms with Gasteiger partial charge in [-0.15, -0.1) is 0 Å². The molecule has 110 valence electrons. The van der Waals surface area contributed by atoms with Crippen molar-refractivity contribution in [3.8, 4) is 0 Å². The summed E-state index contributed by atoms with van der Waals surface area (Å²) < 4.78 is 8.96. The van der Waals surface area contributed by atoms with Crippen LogP contribution < -0.4 is 0 Å². The maximum Gasteiger partial charge on any atom is 0.159 e. The molecule has 4 rings (SSSR count). The summed E-state index contributed by atoms with van der Waals surface area (Å²) in [6.07, 6.45) is 6.02. The van der Waals surface area contributed by atoms with Gasteiger partial charge in [0.25, 0.3) is 0 Å². The van der Waals surface area contributed by atoms with Crippen molar-refractivity contribution in [3.05, 3.63) is 63.3 Å². The highest BCUT2D eigenvalue weighted by Gasteiger charge is 2.16. The number of aromatic nitrogens is 3. The zero-order chi connectivity index (χ0) is 15.3. The number of halogens is 1. The molecule has 0 unspecified atom stereocenters. The Morgan fingerprint density at radius 3 is 2.91 bits per heavy atom. The highest BCUT2D eigenvalue weighted by Crippen LogP contribution is 2.29. The van der Waals surface area contributed by atoms with E-state index in [1.165, 1.54) is 11.1 Å². The number of ether oxygens (including phenoxy) is 1. The molecular formula is C17H14BrN3O. The van der Waals surface area contributed by atoms with Crippen molar-refractivity contribution < 1.29 is 4.74 Å². The molecular weight excluding hydrogens is 342 g/mol. The molecule has 0 radical (unpaired) electrons. The quantitative estimate of drug-likeness (QED) is 0.658. The third-order valence-electron chi connectivity index (χ3n) is 3.75. The van der Waals surface area contributed by atoms with E-state index in [4.69, 9.17) is 4.74 Å². The number of rotatable bonds is 1. The van der Waals surface area contributed by atoms with Gasteiger partial charge in [0, 0.05) is 16.9 Å². The second kappa shape index (κ2) is 4.95. The monoisotopic (exact) mass is 355 g/mol. The van der Waals surface area contributed by atoms with Crippen LogP contribution in [-0.2, 0) is 11.3 Å². The van der Waals surface area contributed by atoms with Gasteiger partial charge in [-0.1, -0.05) is 22.0 Å². The number of benzene rings is 1. The van der Waals surface area contributed by atoms with Crippen LogP contribution in [0.15, 0.2) is 35.1 Å². The van der Waals surface area contributed by atoms with Gasteiger partial charge in [-0.3, -0.25) is 4.98 Å². The van der Waals surface area contributed by atoms with Crippen molar-refractivity contribution in [3.63, 3.8) is 0 Å². The van der Waals surface area contributed by atoms with Crippen molar-refractivity contribution >= 4 is 33.4 Å². The Labute approximate surface area is 136 Å². The van der Waals surface area contributed by atoms with Crippen LogP contribution >= 0.6 is 15.9 Å². The minimum absolute atomic E-state index is 0.560. The lowest BCUT2D eigenvalue weighted by Gasteiger charge is -2.17. The molecule has 1 aromatic carbocycles. The Morgan fingerprint density at radius 2 is 2.05 bits per heavy atom. The molecule has 5 heteroatoms. The summed E-state index contributed by atoms with van der Waals surface area (Å²) in [6.45, 7) is 4.52. The number of hydrogen-bond donors (Lipinski definition) is 0. The average molecular weight is 356 g/mol. The summed E-state index contributed by atoms with van der Waals surface area (Å²) >= 11 is 3.49. The van der Waals surface area contributed by atoms with Crippen LogP contribution in [0.25, 0.3) is 17.5 Å². The van der Waals surface area contributed by atoms with Gasteiger partial charge < -0.3 is 9.14 Å². The Morgan fingerprint density at radius 1 is 1.18 bits per heavy atom. The third kappa shape index (κ3) is 2.22. The number of aryl methyl sites for hydroxylation is 2. The van der Waals surface area contributed by atoms with E-state index in [0.29, 0.717) is 6.61 Å². The number of imidazole rings is 1. The van der Waals surface area contributed by atoms with Crippen LogP contribution in [0.3, 0.4) is 0 Å². The van der Waals surface area contributed by atoms with E-state index in [1.54, 1.807) is 0 Å². The fourth-order valence-electron chi connectivity index (χ4n) is 2.75. The first-order valence-corrected chi connectivity index (χ1v) is 7.86.